The molecule has 2 N–H and O–H groups in total. The second kappa shape index (κ2) is 5.90. The third-order valence-electron chi connectivity index (χ3n) is 3.52. The molecule has 1 aliphatic rings. The van der Waals surface area contributed by atoms with Gasteiger partial charge in [-0.05, 0) is 18.6 Å². The van der Waals surface area contributed by atoms with Gasteiger partial charge in [0.2, 0.25) is 10.0 Å². The Morgan fingerprint density at radius 3 is 2.67 bits per heavy atom. The minimum absolute atomic E-state index is 0.0221. The van der Waals surface area contributed by atoms with Crippen molar-refractivity contribution in [3.8, 4) is 5.75 Å². The Hall–Kier alpha value is -1.80. The van der Waals surface area contributed by atoms with Crippen molar-refractivity contribution in [1.29, 1.82) is 0 Å². The summed E-state index contributed by atoms with van der Waals surface area (Å²) in [6, 6.07) is 4.41. The largest absolute Gasteiger partial charge is 0.497 e. The van der Waals surface area contributed by atoms with E-state index in [1.807, 2.05) is 0 Å². The number of nitrogens with zero attached hydrogens (tertiary/aromatic N) is 1. The fourth-order valence-electron chi connectivity index (χ4n) is 2.33. The number of hydrogen-bond donors (Lipinski definition) is 1. The SMILES string of the molecule is COC(=O)C1CCN(S(=O)(=O)c2ccc(OC)cc2N)C1. The van der Waals surface area contributed by atoms with Gasteiger partial charge >= 0.3 is 5.97 Å². The number of carbonyl (C=O) groups excluding carboxylic acids is 1. The van der Waals surface area contributed by atoms with E-state index in [2.05, 4.69) is 4.74 Å². The highest BCUT2D eigenvalue weighted by atomic mass is 32.2. The van der Waals surface area contributed by atoms with Crippen molar-refractivity contribution in [2.45, 2.75) is 11.3 Å². The number of ether oxygens (including phenoxy) is 2. The summed E-state index contributed by atoms with van der Waals surface area (Å²) in [4.78, 5) is 11.5. The van der Waals surface area contributed by atoms with Crippen LogP contribution in [0.2, 0.25) is 0 Å². The molecule has 7 nitrogen and oxygen atoms in total. The summed E-state index contributed by atoms with van der Waals surface area (Å²) in [5.74, 6) is -0.333. The number of sulfonamides is 1. The Bertz CT molecular complexity index is 644. The Kier molecular flexibility index (Phi) is 4.38. The highest BCUT2D eigenvalue weighted by Crippen LogP contribution is 2.30. The first-order valence-electron chi connectivity index (χ1n) is 6.41. The molecule has 0 aromatic heterocycles. The molecule has 1 aromatic rings. The number of esters is 1. The van der Waals surface area contributed by atoms with Gasteiger partial charge in [0.25, 0.3) is 0 Å². The quantitative estimate of drug-likeness (QED) is 0.640. The van der Waals surface area contributed by atoms with Gasteiger partial charge in [0.05, 0.1) is 25.8 Å². The lowest BCUT2D eigenvalue weighted by Gasteiger charge is -2.17. The Morgan fingerprint density at radius 2 is 2.10 bits per heavy atom. The second-order valence-electron chi connectivity index (χ2n) is 4.78. The molecule has 8 heteroatoms. The van der Waals surface area contributed by atoms with Gasteiger partial charge in [-0.1, -0.05) is 0 Å². The Labute approximate surface area is 123 Å². The van der Waals surface area contributed by atoms with Crippen LogP contribution in [0.25, 0.3) is 0 Å². The van der Waals surface area contributed by atoms with Crippen molar-refractivity contribution in [1.82, 2.24) is 4.31 Å². The molecule has 21 heavy (non-hydrogen) atoms. The van der Waals surface area contributed by atoms with Crippen LogP contribution in [0, 0.1) is 5.92 Å². The van der Waals surface area contributed by atoms with Crippen molar-refractivity contribution >= 4 is 21.7 Å². The third-order valence-corrected chi connectivity index (χ3v) is 5.46. The van der Waals surface area contributed by atoms with Crippen molar-refractivity contribution in [3.05, 3.63) is 18.2 Å². The van der Waals surface area contributed by atoms with Crippen LogP contribution in [-0.4, -0.2) is 46.0 Å². The number of nitrogens with two attached hydrogens (primary N) is 1. The van der Waals surface area contributed by atoms with E-state index in [9.17, 15) is 13.2 Å². The highest BCUT2D eigenvalue weighted by Gasteiger charge is 2.37. The van der Waals surface area contributed by atoms with Crippen molar-refractivity contribution in [2.75, 3.05) is 33.0 Å². The molecule has 1 aliphatic heterocycles. The van der Waals surface area contributed by atoms with Gasteiger partial charge < -0.3 is 15.2 Å². The summed E-state index contributed by atoms with van der Waals surface area (Å²) in [7, 11) is -0.955. The molecule has 0 bridgehead atoms. The summed E-state index contributed by atoms with van der Waals surface area (Å²) < 4.78 is 36.0. The molecule has 0 saturated carbocycles. The number of methoxy groups -OCH3 is 2. The van der Waals surface area contributed by atoms with Crippen LogP contribution in [0.5, 0.6) is 5.75 Å². The van der Waals surface area contributed by atoms with E-state index in [1.54, 1.807) is 0 Å². The molecular weight excluding hydrogens is 296 g/mol. The summed E-state index contributed by atoms with van der Waals surface area (Å²) in [5, 5.41) is 0. The van der Waals surface area contributed by atoms with Gasteiger partial charge in [-0.25, -0.2) is 8.42 Å². The second-order valence-corrected chi connectivity index (χ2v) is 6.68. The monoisotopic (exact) mass is 314 g/mol. The summed E-state index contributed by atoms with van der Waals surface area (Å²) in [6.45, 7) is 0.383. The van der Waals surface area contributed by atoms with Crippen LogP contribution in [-0.2, 0) is 19.6 Å². The molecule has 1 unspecified atom stereocenters. The van der Waals surface area contributed by atoms with Gasteiger partial charge in [-0.15, -0.1) is 0 Å². The first-order valence-corrected chi connectivity index (χ1v) is 7.85. The van der Waals surface area contributed by atoms with Gasteiger partial charge in [0.15, 0.2) is 0 Å². The molecule has 0 amide bonds. The van der Waals surface area contributed by atoms with E-state index in [0.717, 1.165) is 0 Å². The third kappa shape index (κ3) is 2.96. The molecular formula is C13H18N2O5S. The van der Waals surface area contributed by atoms with Crippen molar-refractivity contribution in [2.24, 2.45) is 5.92 Å². The number of hydrogen-bond acceptors (Lipinski definition) is 6. The molecule has 1 saturated heterocycles. The standard InChI is InChI=1S/C13H18N2O5S/c1-19-10-3-4-12(11(14)7-10)21(17,18)15-6-5-9(8-15)13(16)20-2/h3-4,7,9H,5-6,8,14H2,1-2H3. The lowest BCUT2D eigenvalue weighted by atomic mass is 10.1. The maximum atomic E-state index is 12.6. The van der Waals surface area contributed by atoms with Gasteiger partial charge in [-0.3, -0.25) is 4.79 Å². The van der Waals surface area contributed by atoms with Crippen LogP contribution in [0.3, 0.4) is 0 Å². The van der Waals surface area contributed by atoms with E-state index < -0.39 is 21.9 Å². The fourth-order valence-corrected chi connectivity index (χ4v) is 3.93. The zero-order valence-corrected chi connectivity index (χ0v) is 12.7. The minimum atomic E-state index is -3.72. The lowest BCUT2D eigenvalue weighted by molar-refractivity contribution is -0.144. The van der Waals surface area contributed by atoms with Gasteiger partial charge in [0, 0.05) is 19.2 Å². The number of nitrogen functional groups attached to an aromatic ring is 1. The first-order chi connectivity index (χ1) is 9.90. The molecule has 116 valence electrons. The smallest absolute Gasteiger partial charge is 0.310 e. The van der Waals surface area contributed by atoms with Crippen LogP contribution in [0.15, 0.2) is 23.1 Å². The van der Waals surface area contributed by atoms with Crippen LogP contribution in [0.4, 0.5) is 5.69 Å². The predicted octanol–water partition coefficient (Wildman–Crippen LogP) is 0.461. The molecule has 1 atom stereocenters. The zero-order chi connectivity index (χ0) is 15.6. The fraction of sp³-hybridized carbons (Fsp3) is 0.462. The van der Waals surface area contributed by atoms with Gasteiger partial charge in [-0.2, -0.15) is 4.31 Å². The average Bonchev–Trinajstić information content (AvgIpc) is 2.96. The molecule has 2 rings (SSSR count). The van der Waals surface area contributed by atoms with Gasteiger partial charge in [0.1, 0.15) is 10.6 Å². The Balaban J connectivity index is 2.25. The van der Waals surface area contributed by atoms with E-state index in [0.29, 0.717) is 12.2 Å². The van der Waals surface area contributed by atoms with Crippen molar-refractivity contribution in [3.63, 3.8) is 0 Å². The average molecular weight is 314 g/mol. The minimum Gasteiger partial charge on any atom is -0.497 e. The van der Waals surface area contributed by atoms with E-state index >= 15 is 0 Å². The van der Waals surface area contributed by atoms with E-state index in [-0.39, 0.29) is 23.7 Å². The maximum Gasteiger partial charge on any atom is 0.310 e. The molecule has 0 aliphatic carbocycles. The van der Waals surface area contributed by atoms with E-state index in [1.165, 1.54) is 36.7 Å². The van der Waals surface area contributed by atoms with Crippen molar-refractivity contribution < 1.29 is 22.7 Å². The van der Waals surface area contributed by atoms with Crippen LogP contribution >= 0.6 is 0 Å². The van der Waals surface area contributed by atoms with Crippen LogP contribution in [0.1, 0.15) is 6.42 Å². The summed E-state index contributed by atoms with van der Waals surface area (Å²) >= 11 is 0. The number of benzene rings is 1. The predicted molar refractivity (Wildman–Crippen MR) is 76.3 cm³/mol. The molecule has 0 radical (unpaired) electrons. The highest BCUT2D eigenvalue weighted by molar-refractivity contribution is 7.89. The maximum absolute atomic E-state index is 12.6. The first kappa shape index (κ1) is 15.6. The summed E-state index contributed by atoms with van der Waals surface area (Å²) in [6.07, 6.45) is 0.446. The number of carbonyl (C=O) groups is 1. The molecule has 1 heterocycles. The summed E-state index contributed by atoms with van der Waals surface area (Å²) in [5.41, 5.74) is 5.92. The van der Waals surface area contributed by atoms with Crippen LogP contribution < -0.4 is 10.5 Å². The topological polar surface area (TPSA) is 98.9 Å². The zero-order valence-electron chi connectivity index (χ0n) is 11.9. The molecule has 1 aromatic carbocycles. The normalized spacial score (nSPS) is 19.4. The Morgan fingerprint density at radius 1 is 1.38 bits per heavy atom. The lowest BCUT2D eigenvalue weighted by Crippen LogP contribution is -2.30. The molecule has 0 spiro atoms. The molecule has 1 fully saturated rings. The number of anilines is 1. The van der Waals surface area contributed by atoms with E-state index in [4.69, 9.17) is 10.5 Å². The number of rotatable bonds is 4.